The first-order chi connectivity index (χ1) is 13.6. The van der Waals surface area contributed by atoms with Crippen LogP contribution in [0.25, 0.3) is 21.9 Å². The third-order valence-electron chi connectivity index (χ3n) is 4.46. The molecule has 0 saturated heterocycles. The summed E-state index contributed by atoms with van der Waals surface area (Å²) < 4.78 is 30.1. The number of rotatable bonds is 8. The zero-order valence-electron chi connectivity index (χ0n) is 16.2. The Morgan fingerprint density at radius 2 is 1.68 bits per heavy atom. The van der Waals surface area contributed by atoms with Crippen molar-refractivity contribution in [2.75, 3.05) is 20.3 Å². The second kappa shape index (κ2) is 8.70. The number of hydrogen-bond donors (Lipinski definition) is 0. The zero-order chi connectivity index (χ0) is 20.1. The summed E-state index contributed by atoms with van der Waals surface area (Å²) in [7, 11) is -2.03. The van der Waals surface area contributed by atoms with Crippen molar-refractivity contribution >= 4 is 30.0 Å². The molecular weight excluding hydrogens is 375 g/mol. The molecule has 0 radical (unpaired) electrons. The lowest BCUT2D eigenvalue weighted by molar-refractivity contribution is 0.112. The molecule has 146 valence electrons. The topological polar surface area (TPSA) is 61.8 Å². The van der Waals surface area contributed by atoms with Crippen molar-refractivity contribution < 1.29 is 23.1 Å². The zero-order valence-corrected chi connectivity index (χ0v) is 17.1. The van der Waals surface area contributed by atoms with Crippen LogP contribution in [0.3, 0.4) is 0 Å². The molecule has 3 aromatic carbocycles. The Morgan fingerprint density at radius 1 is 0.964 bits per heavy atom. The molecule has 5 nitrogen and oxygen atoms in total. The van der Waals surface area contributed by atoms with Crippen LogP contribution < -0.4 is 10.0 Å². The Morgan fingerprint density at radius 3 is 2.32 bits per heavy atom. The Bertz CT molecular complexity index is 1030. The van der Waals surface area contributed by atoms with Crippen LogP contribution in [0.4, 0.5) is 0 Å². The van der Waals surface area contributed by atoms with Gasteiger partial charge in [-0.25, -0.2) is 0 Å². The summed E-state index contributed by atoms with van der Waals surface area (Å²) >= 11 is 0. The van der Waals surface area contributed by atoms with E-state index in [1.165, 1.54) is 0 Å². The van der Waals surface area contributed by atoms with Crippen LogP contribution in [0.15, 0.2) is 54.6 Å². The van der Waals surface area contributed by atoms with E-state index in [0.29, 0.717) is 27.7 Å². The molecule has 0 saturated carbocycles. The highest BCUT2D eigenvalue weighted by Gasteiger charge is 2.31. The summed E-state index contributed by atoms with van der Waals surface area (Å²) in [5, 5.41) is 2.28. The molecule has 0 aliphatic rings. The second-order valence-corrected chi connectivity index (χ2v) is 8.08. The normalized spacial score (nSPS) is 11.5. The quantitative estimate of drug-likeness (QED) is 0.385. The van der Waals surface area contributed by atoms with E-state index in [4.69, 9.17) is 13.8 Å². The van der Waals surface area contributed by atoms with Crippen LogP contribution in [-0.2, 0) is 13.6 Å². The molecule has 3 rings (SSSR count). The maximum atomic E-state index is 13.6. The van der Waals surface area contributed by atoms with Crippen molar-refractivity contribution in [1.29, 1.82) is 0 Å². The number of fused-ring (bicyclic) bond motifs is 1. The van der Waals surface area contributed by atoms with Crippen molar-refractivity contribution in [3.8, 4) is 16.9 Å². The minimum Gasteiger partial charge on any atom is -0.497 e. The predicted octanol–water partition coefficient (Wildman–Crippen LogP) is 5.22. The Kier molecular flexibility index (Phi) is 6.30. The van der Waals surface area contributed by atoms with Gasteiger partial charge in [0.15, 0.2) is 6.29 Å². The van der Waals surface area contributed by atoms with Gasteiger partial charge in [-0.1, -0.05) is 30.3 Å². The SMILES string of the molecule is CCOP(=O)(OCC)c1ccc2ccccc2c1-c1ccc(OC)cc1C=O. The molecule has 0 heterocycles. The number of carbonyl (C=O) groups is 1. The van der Waals surface area contributed by atoms with E-state index in [1.807, 2.05) is 30.3 Å². The summed E-state index contributed by atoms with van der Waals surface area (Å²) in [6.07, 6.45) is 0.774. The van der Waals surface area contributed by atoms with E-state index in [2.05, 4.69) is 0 Å². The lowest BCUT2D eigenvalue weighted by Crippen LogP contribution is -2.14. The van der Waals surface area contributed by atoms with Crippen molar-refractivity contribution in [3.63, 3.8) is 0 Å². The van der Waals surface area contributed by atoms with Crippen molar-refractivity contribution in [2.24, 2.45) is 0 Å². The Hall–Kier alpha value is -2.46. The molecule has 0 bridgehead atoms. The molecule has 0 spiro atoms. The molecule has 0 atom stereocenters. The van der Waals surface area contributed by atoms with Gasteiger partial charge in [0.2, 0.25) is 0 Å². The largest absolute Gasteiger partial charge is 0.497 e. The number of methoxy groups -OCH3 is 1. The molecule has 0 aliphatic carbocycles. The first-order valence-corrected chi connectivity index (χ1v) is 10.7. The minimum atomic E-state index is -3.58. The molecule has 0 aromatic heterocycles. The third kappa shape index (κ3) is 3.74. The van der Waals surface area contributed by atoms with Gasteiger partial charge in [-0.15, -0.1) is 0 Å². The smallest absolute Gasteiger partial charge is 0.361 e. The molecular formula is C22H23O5P. The van der Waals surface area contributed by atoms with Gasteiger partial charge in [0, 0.05) is 11.1 Å². The fourth-order valence-electron chi connectivity index (χ4n) is 3.28. The minimum absolute atomic E-state index is 0.243. The summed E-state index contributed by atoms with van der Waals surface area (Å²) in [6.45, 7) is 4.03. The van der Waals surface area contributed by atoms with E-state index in [1.54, 1.807) is 45.2 Å². The predicted molar refractivity (Wildman–Crippen MR) is 112 cm³/mol. The summed E-state index contributed by atoms with van der Waals surface area (Å²) in [4.78, 5) is 11.8. The molecule has 6 heteroatoms. The van der Waals surface area contributed by atoms with Crippen LogP contribution in [0, 0.1) is 0 Å². The highest BCUT2D eigenvalue weighted by atomic mass is 31.2. The average Bonchev–Trinajstić information content (AvgIpc) is 2.72. The van der Waals surface area contributed by atoms with Crippen molar-refractivity contribution in [3.05, 3.63) is 60.2 Å². The average molecular weight is 398 g/mol. The van der Waals surface area contributed by atoms with Crippen LogP contribution in [0.2, 0.25) is 0 Å². The molecule has 0 unspecified atom stereocenters. The maximum absolute atomic E-state index is 13.6. The maximum Gasteiger partial charge on any atom is 0.361 e. The van der Waals surface area contributed by atoms with Gasteiger partial charge < -0.3 is 13.8 Å². The van der Waals surface area contributed by atoms with Crippen LogP contribution in [-0.4, -0.2) is 26.6 Å². The number of hydrogen-bond acceptors (Lipinski definition) is 5. The Labute approximate surface area is 164 Å². The number of aldehydes is 1. The monoisotopic (exact) mass is 398 g/mol. The summed E-state index contributed by atoms with van der Waals surface area (Å²) in [5.74, 6) is 0.574. The van der Waals surface area contributed by atoms with Gasteiger partial charge in [0.05, 0.1) is 25.6 Å². The van der Waals surface area contributed by atoms with Gasteiger partial charge >= 0.3 is 7.60 Å². The van der Waals surface area contributed by atoms with Gasteiger partial charge in [-0.2, -0.15) is 0 Å². The molecule has 3 aromatic rings. The van der Waals surface area contributed by atoms with Gasteiger partial charge in [-0.3, -0.25) is 9.36 Å². The van der Waals surface area contributed by atoms with E-state index >= 15 is 0 Å². The molecule has 0 fully saturated rings. The van der Waals surface area contributed by atoms with E-state index in [9.17, 15) is 9.36 Å². The molecule has 0 aliphatic heterocycles. The fraction of sp³-hybridized carbons (Fsp3) is 0.227. The molecule has 0 amide bonds. The van der Waals surface area contributed by atoms with E-state index in [-0.39, 0.29) is 13.2 Å². The summed E-state index contributed by atoms with van der Waals surface area (Å²) in [5.41, 5.74) is 1.77. The Balaban J connectivity index is 2.40. The highest BCUT2D eigenvalue weighted by molar-refractivity contribution is 7.62. The van der Waals surface area contributed by atoms with Gasteiger partial charge in [0.1, 0.15) is 5.75 Å². The van der Waals surface area contributed by atoms with Gasteiger partial charge in [-0.05, 0) is 54.4 Å². The first kappa shape index (κ1) is 20.3. The van der Waals surface area contributed by atoms with E-state index in [0.717, 1.165) is 17.1 Å². The van der Waals surface area contributed by atoms with Crippen LogP contribution in [0.1, 0.15) is 24.2 Å². The lowest BCUT2D eigenvalue weighted by Gasteiger charge is -2.22. The van der Waals surface area contributed by atoms with Gasteiger partial charge in [0.25, 0.3) is 0 Å². The van der Waals surface area contributed by atoms with Crippen LogP contribution >= 0.6 is 7.60 Å². The summed E-state index contributed by atoms with van der Waals surface area (Å²) in [6, 6.07) is 16.7. The first-order valence-electron chi connectivity index (χ1n) is 9.13. The lowest BCUT2D eigenvalue weighted by atomic mass is 9.94. The number of carbonyl (C=O) groups excluding carboxylic acids is 1. The van der Waals surface area contributed by atoms with Crippen molar-refractivity contribution in [2.45, 2.75) is 13.8 Å². The third-order valence-corrected chi connectivity index (χ3v) is 6.61. The fourth-order valence-corrected chi connectivity index (χ4v) is 5.08. The highest BCUT2D eigenvalue weighted by Crippen LogP contribution is 2.50. The molecule has 0 N–H and O–H groups in total. The molecule has 28 heavy (non-hydrogen) atoms. The number of ether oxygens (including phenoxy) is 1. The van der Waals surface area contributed by atoms with Crippen molar-refractivity contribution in [1.82, 2.24) is 0 Å². The second-order valence-electron chi connectivity index (χ2n) is 6.08. The van der Waals surface area contributed by atoms with Crippen LogP contribution in [0.5, 0.6) is 5.75 Å². The standard InChI is InChI=1S/C22H23O5P/c1-4-26-28(24,27-5-2)21-13-10-16-8-6-7-9-19(16)22(21)20-12-11-18(25-3)14-17(20)15-23/h6-15H,4-5H2,1-3H3. The van der Waals surface area contributed by atoms with E-state index < -0.39 is 7.60 Å². The number of benzene rings is 3.